The molecule has 4 N–H and O–H groups in total. The molecule has 0 bridgehead atoms. The van der Waals surface area contributed by atoms with Gasteiger partial charge in [0.1, 0.15) is 11.5 Å². The third kappa shape index (κ3) is 2.67. The first-order chi connectivity index (χ1) is 11.2. The van der Waals surface area contributed by atoms with Crippen molar-refractivity contribution < 1.29 is 17.6 Å². The number of anilines is 1. The van der Waals surface area contributed by atoms with Gasteiger partial charge in [-0.05, 0) is 37.8 Å². The van der Waals surface area contributed by atoms with E-state index in [0.29, 0.717) is 12.8 Å². The van der Waals surface area contributed by atoms with Crippen molar-refractivity contribution in [2.45, 2.75) is 43.9 Å². The van der Waals surface area contributed by atoms with E-state index >= 15 is 0 Å². The van der Waals surface area contributed by atoms with Crippen molar-refractivity contribution in [3.63, 3.8) is 0 Å². The zero-order valence-electron chi connectivity index (χ0n) is 12.8. The van der Waals surface area contributed by atoms with Crippen LogP contribution < -0.4 is 16.4 Å². The predicted molar refractivity (Wildman–Crippen MR) is 82.9 cm³/mol. The number of halogens is 4. The second-order valence-corrected chi connectivity index (χ2v) is 5.95. The van der Waals surface area contributed by atoms with Gasteiger partial charge in [-0.2, -0.15) is 18.2 Å². The van der Waals surface area contributed by atoms with E-state index < -0.39 is 28.9 Å². The molecule has 0 unspecified atom stereocenters. The Morgan fingerprint density at radius 1 is 1.08 bits per heavy atom. The third-order valence-corrected chi connectivity index (χ3v) is 4.37. The van der Waals surface area contributed by atoms with Crippen LogP contribution in [0.5, 0.6) is 0 Å². The number of benzene rings is 1. The molecule has 1 aliphatic carbocycles. The molecule has 0 saturated heterocycles. The SMILES string of the molecule is NC1=NC2(CCCCC2)N(c2c(F)cccc2C(F)(F)F)C(N)=N1. The number of rotatable bonds is 1. The van der Waals surface area contributed by atoms with Crippen molar-refractivity contribution in [2.75, 3.05) is 4.90 Å². The van der Waals surface area contributed by atoms with Crippen LogP contribution in [0.15, 0.2) is 28.2 Å². The Morgan fingerprint density at radius 2 is 1.75 bits per heavy atom. The van der Waals surface area contributed by atoms with Crippen LogP contribution in [0, 0.1) is 5.82 Å². The molecule has 1 aliphatic heterocycles. The van der Waals surface area contributed by atoms with Gasteiger partial charge in [0, 0.05) is 0 Å². The average Bonchev–Trinajstić information content (AvgIpc) is 2.47. The highest BCUT2D eigenvalue weighted by Crippen LogP contribution is 2.45. The van der Waals surface area contributed by atoms with E-state index in [1.54, 1.807) is 0 Å². The zero-order valence-corrected chi connectivity index (χ0v) is 12.8. The lowest BCUT2D eigenvalue weighted by Crippen LogP contribution is -2.59. The van der Waals surface area contributed by atoms with E-state index in [9.17, 15) is 17.6 Å². The van der Waals surface area contributed by atoms with Crippen molar-refractivity contribution in [3.8, 4) is 0 Å². The number of hydrogen-bond donors (Lipinski definition) is 2. The van der Waals surface area contributed by atoms with Crippen LogP contribution in [0.4, 0.5) is 23.2 Å². The Labute approximate surface area is 136 Å². The zero-order chi connectivity index (χ0) is 17.5. The van der Waals surface area contributed by atoms with E-state index in [2.05, 4.69) is 9.98 Å². The molecule has 1 saturated carbocycles. The lowest BCUT2D eigenvalue weighted by molar-refractivity contribution is -0.137. The van der Waals surface area contributed by atoms with Crippen LogP contribution in [0.2, 0.25) is 0 Å². The molecule has 0 amide bonds. The molecule has 1 aromatic rings. The van der Waals surface area contributed by atoms with E-state index in [4.69, 9.17) is 11.5 Å². The maximum Gasteiger partial charge on any atom is 0.418 e. The number of hydrogen-bond acceptors (Lipinski definition) is 5. The lowest BCUT2D eigenvalue weighted by Gasteiger charge is -2.46. The first-order valence-corrected chi connectivity index (χ1v) is 7.60. The summed E-state index contributed by atoms with van der Waals surface area (Å²) in [6.07, 6.45) is -1.50. The van der Waals surface area contributed by atoms with Crippen molar-refractivity contribution >= 4 is 17.6 Å². The topological polar surface area (TPSA) is 80.0 Å². The van der Waals surface area contributed by atoms with E-state index in [1.807, 2.05) is 0 Å². The molecule has 1 aromatic carbocycles. The second kappa shape index (κ2) is 5.64. The molecule has 1 heterocycles. The highest BCUT2D eigenvalue weighted by molar-refractivity contribution is 6.06. The summed E-state index contributed by atoms with van der Waals surface area (Å²) in [6, 6.07) is 2.81. The first kappa shape index (κ1) is 16.5. The molecule has 5 nitrogen and oxygen atoms in total. The van der Waals surface area contributed by atoms with Gasteiger partial charge in [0.2, 0.25) is 11.9 Å². The van der Waals surface area contributed by atoms with E-state index in [0.717, 1.165) is 42.4 Å². The molecule has 2 aliphatic rings. The summed E-state index contributed by atoms with van der Waals surface area (Å²) in [4.78, 5) is 9.10. The smallest absolute Gasteiger partial charge is 0.369 e. The maximum absolute atomic E-state index is 14.4. The van der Waals surface area contributed by atoms with Gasteiger partial charge in [-0.1, -0.05) is 12.5 Å². The standard InChI is InChI=1S/C15H17F4N5/c16-10-6-4-5-9(15(17,18)19)11(10)24-13(21)22-12(20)23-14(24)7-2-1-3-8-14/h4-6H,1-3,7-8H2,(H4,20,21,22,23). The first-order valence-electron chi connectivity index (χ1n) is 7.60. The monoisotopic (exact) mass is 343 g/mol. The number of aliphatic imine (C=N–C) groups is 2. The summed E-state index contributed by atoms with van der Waals surface area (Å²) >= 11 is 0. The fraction of sp³-hybridized carbons (Fsp3) is 0.467. The molecule has 3 rings (SSSR count). The van der Waals surface area contributed by atoms with Crippen LogP contribution in [-0.2, 0) is 6.18 Å². The Kier molecular flexibility index (Phi) is 3.89. The molecule has 0 aromatic heterocycles. The van der Waals surface area contributed by atoms with Gasteiger partial charge in [0.05, 0.1) is 11.3 Å². The summed E-state index contributed by atoms with van der Waals surface area (Å²) in [5.74, 6) is -1.40. The second-order valence-electron chi connectivity index (χ2n) is 5.95. The average molecular weight is 343 g/mol. The minimum absolute atomic E-state index is 0.101. The van der Waals surface area contributed by atoms with Crippen molar-refractivity contribution in [1.29, 1.82) is 0 Å². The van der Waals surface area contributed by atoms with Crippen molar-refractivity contribution in [1.82, 2.24) is 0 Å². The molecular weight excluding hydrogens is 326 g/mol. The quantitative estimate of drug-likeness (QED) is 0.770. The fourth-order valence-electron chi connectivity index (χ4n) is 3.42. The summed E-state index contributed by atoms with van der Waals surface area (Å²) in [7, 11) is 0. The summed E-state index contributed by atoms with van der Waals surface area (Å²) in [5.41, 5.74) is 8.65. The van der Waals surface area contributed by atoms with Crippen LogP contribution in [-0.4, -0.2) is 17.6 Å². The molecular formula is C15H17F4N5. The summed E-state index contributed by atoms with van der Waals surface area (Å²) in [6.45, 7) is 0. The van der Waals surface area contributed by atoms with E-state index in [1.165, 1.54) is 0 Å². The third-order valence-electron chi connectivity index (χ3n) is 4.37. The van der Waals surface area contributed by atoms with E-state index in [-0.39, 0.29) is 11.9 Å². The molecule has 9 heteroatoms. The van der Waals surface area contributed by atoms with Gasteiger partial charge >= 0.3 is 6.18 Å². The Bertz CT molecular complexity index is 704. The number of nitrogens with two attached hydrogens (primary N) is 2. The van der Waals surface area contributed by atoms with Crippen molar-refractivity contribution in [3.05, 3.63) is 29.6 Å². The maximum atomic E-state index is 14.4. The molecule has 0 atom stereocenters. The summed E-state index contributed by atoms with van der Waals surface area (Å²) < 4.78 is 54.7. The number of guanidine groups is 2. The van der Waals surface area contributed by atoms with Gasteiger partial charge in [-0.15, -0.1) is 0 Å². The summed E-state index contributed by atoms with van der Waals surface area (Å²) in [5, 5.41) is 0. The minimum Gasteiger partial charge on any atom is -0.369 e. The highest BCUT2D eigenvalue weighted by atomic mass is 19.4. The van der Waals surface area contributed by atoms with Gasteiger partial charge < -0.3 is 11.5 Å². The van der Waals surface area contributed by atoms with Crippen LogP contribution in [0.1, 0.15) is 37.7 Å². The minimum atomic E-state index is -4.74. The van der Waals surface area contributed by atoms with Gasteiger partial charge in [-0.25, -0.2) is 9.38 Å². The lowest BCUT2D eigenvalue weighted by atomic mass is 9.87. The van der Waals surface area contributed by atoms with Crippen LogP contribution >= 0.6 is 0 Å². The number of nitrogens with zero attached hydrogens (tertiary/aromatic N) is 3. The molecule has 24 heavy (non-hydrogen) atoms. The number of alkyl halides is 3. The Morgan fingerprint density at radius 3 is 2.38 bits per heavy atom. The molecule has 1 spiro atoms. The molecule has 1 fully saturated rings. The molecule has 130 valence electrons. The Hall–Kier alpha value is -2.32. The molecule has 0 radical (unpaired) electrons. The largest absolute Gasteiger partial charge is 0.418 e. The number of para-hydroxylation sites is 1. The van der Waals surface area contributed by atoms with Crippen molar-refractivity contribution in [2.24, 2.45) is 21.5 Å². The van der Waals surface area contributed by atoms with Crippen LogP contribution in [0.3, 0.4) is 0 Å². The van der Waals surface area contributed by atoms with Gasteiger partial charge in [-0.3, -0.25) is 4.90 Å². The fourth-order valence-corrected chi connectivity index (χ4v) is 3.42. The van der Waals surface area contributed by atoms with Gasteiger partial charge in [0.25, 0.3) is 0 Å². The Balaban J connectivity index is 2.22. The van der Waals surface area contributed by atoms with Crippen LogP contribution in [0.25, 0.3) is 0 Å². The van der Waals surface area contributed by atoms with Gasteiger partial charge in [0.15, 0.2) is 0 Å². The normalized spacial score (nSPS) is 20.8. The highest BCUT2D eigenvalue weighted by Gasteiger charge is 2.47. The predicted octanol–water partition coefficient (Wildman–Crippen LogP) is 2.95.